The number of rotatable bonds is 4. The third-order valence-electron chi connectivity index (χ3n) is 16.2. The van der Waals surface area contributed by atoms with E-state index in [1.54, 1.807) is 16.7 Å². The molecule has 0 unspecified atom stereocenters. The number of hydrogen-bond acceptors (Lipinski definition) is 1. The molecule has 0 saturated heterocycles. The number of nitrogens with zero attached hydrogens (tertiary/aromatic N) is 1. The number of benzene rings is 7. The third-order valence-corrected chi connectivity index (χ3v) is 16.2. The third kappa shape index (κ3) is 4.41. The van der Waals surface area contributed by atoms with E-state index in [4.69, 9.17) is 0 Å². The summed E-state index contributed by atoms with van der Waals surface area (Å²) >= 11 is 0. The fourth-order valence-electron chi connectivity index (χ4n) is 14.3. The lowest BCUT2D eigenvalue weighted by Crippen LogP contribution is -2.55. The first-order valence-electron chi connectivity index (χ1n) is 22.1. The summed E-state index contributed by atoms with van der Waals surface area (Å²) in [5.41, 5.74) is 18.8. The van der Waals surface area contributed by atoms with Crippen LogP contribution < -0.4 is 4.90 Å². The molecule has 7 aliphatic rings. The monoisotopic (exact) mass is 735 g/mol. The molecule has 57 heavy (non-hydrogen) atoms. The van der Waals surface area contributed by atoms with E-state index in [0.29, 0.717) is 0 Å². The Morgan fingerprint density at radius 2 is 1.05 bits per heavy atom. The lowest BCUT2D eigenvalue weighted by atomic mass is 9.43. The molecule has 0 N–H and O–H groups in total. The summed E-state index contributed by atoms with van der Waals surface area (Å²) in [5.74, 6) is 3.41. The first kappa shape index (κ1) is 32.7. The molecule has 0 amide bonds. The second-order valence-corrected chi connectivity index (χ2v) is 18.7. The fourth-order valence-corrected chi connectivity index (χ4v) is 14.3. The van der Waals surface area contributed by atoms with E-state index in [0.717, 1.165) is 23.7 Å². The normalized spacial score (nSPS) is 25.4. The quantitative estimate of drug-likeness (QED) is 0.174. The Labute approximate surface area is 337 Å². The minimum atomic E-state index is 0.104. The molecule has 0 aromatic heterocycles. The van der Waals surface area contributed by atoms with Crippen LogP contribution in [0.5, 0.6) is 0 Å². The van der Waals surface area contributed by atoms with Gasteiger partial charge >= 0.3 is 0 Å². The van der Waals surface area contributed by atoms with Gasteiger partial charge in [-0.25, -0.2) is 0 Å². The number of hydrogen-bond donors (Lipinski definition) is 0. The Morgan fingerprint density at radius 1 is 0.439 bits per heavy atom. The van der Waals surface area contributed by atoms with Crippen LogP contribution in [0.2, 0.25) is 0 Å². The Hall–Kier alpha value is -5.40. The maximum absolute atomic E-state index is 2.62. The lowest BCUT2D eigenvalue weighted by molar-refractivity contribution is -0.0399. The summed E-state index contributed by atoms with van der Waals surface area (Å²) in [6.45, 7) is 0. The van der Waals surface area contributed by atoms with Crippen molar-refractivity contribution in [3.63, 3.8) is 0 Å². The highest BCUT2D eigenvalue weighted by atomic mass is 15.1. The van der Waals surface area contributed by atoms with Gasteiger partial charge in [-0.05, 0) is 160 Å². The van der Waals surface area contributed by atoms with Crippen LogP contribution in [0.25, 0.3) is 44.2 Å². The van der Waals surface area contributed by atoms with E-state index in [1.165, 1.54) is 131 Å². The van der Waals surface area contributed by atoms with Crippen LogP contribution in [0.3, 0.4) is 0 Å². The van der Waals surface area contributed by atoms with Crippen molar-refractivity contribution in [3.05, 3.63) is 174 Å². The van der Waals surface area contributed by atoms with Crippen molar-refractivity contribution in [2.45, 2.75) is 75.0 Å². The predicted octanol–water partition coefficient (Wildman–Crippen LogP) is 14.9. The molecule has 5 fully saturated rings. The van der Waals surface area contributed by atoms with E-state index >= 15 is 0 Å². The Balaban J connectivity index is 1.02. The standard InChI is InChI=1S/C56H49N/c1-8-28-55(29-9-1)49-18-6-5-16-47(49)54-52(55)20-11-21-53(54)57(42-24-22-39(23-25-42)45-17-10-13-38-12-2-3-14-44(38)45)43-26-27-51-48(35-43)46-15-4-7-19-50(46)56(51)40-31-36-30-37(33-40)34-41(56)32-36/h2-7,10-27,35-37,40-41H,1,8-9,28-34H2. The molecule has 0 atom stereocenters. The van der Waals surface area contributed by atoms with Gasteiger partial charge in [0, 0.05) is 27.8 Å². The smallest absolute Gasteiger partial charge is 0.0543 e. The van der Waals surface area contributed by atoms with Gasteiger partial charge < -0.3 is 4.90 Å². The zero-order chi connectivity index (χ0) is 37.3. The van der Waals surface area contributed by atoms with Crippen LogP contribution in [0.4, 0.5) is 17.1 Å². The van der Waals surface area contributed by atoms with Crippen molar-refractivity contribution >= 4 is 27.8 Å². The van der Waals surface area contributed by atoms with Crippen molar-refractivity contribution < 1.29 is 0 Å². The van der Waals surface area contributed by atoms with E-state index in [1.807, 2.05) is 0 Å². The average Bonchev–Trinajstić information content (AvgIpc) is 3.70. The average molecular weight is 736 g/mol. The first-order chi connectivity index (χ1) is 28.2. The van der Waals surface area contributed by atoms with Gasteiger partial charge in [0.15, 0.2) is 0 Å². The predicted molar refractivity (Wildman–Crippen MR) is 237 cm³/mol. The van der Waals surface area contributed by atoms with Crippen LogP contribution in [-0.2, 0) is 10.8 Å². The highest BCUT2D eigenvalue weighted by Crippen LogP contribution is 2.70. The van der Waals surface area contributed by atoms with Gasteiger partial charge in [-0.15, -0.1) is 0 Å². The molecule has 0 aliphatic heterocycles. The van der Waals surface area contributed by atoms with Gasteiger partial charge in [0.1, 0.15) is 0 Å². The molecular weight excluding hydrogens is 687 g/mol. The number of fused-ring (bicyclic) bond motifs is 9. The molecule has 7 aliphatic carbocycles. The Kier molecular flexibility index (Phi) is 6.91. The summed E-state index contributed by atoms with van der Waals surface area (Å²) in [5, 5.41) is 2.59. The molecule has 1 heteroatoms. The van der Waals surface area contributed by atoms with E-state index in [9.17, 15) is 0 Å². The van der Waals surface area contributed by atoms with Gasteiger partial charge in [-0.3, -0.25) is 0 Å². The van der Waals surface area contributed by atoms with Gasteiger partial charge in [0.25, 0.3) is 0 Å². The second kappa shape index (κ2) is 12.1. The topological polar surface area (TPSA) is 3.24 Å². The van der Waals surface area contributed by atoms with Crippen LogP contribution in [0.15, 0.2) is 152 Å². The van der Waals surface area contributed by atoms with Crippen LogP contribution >= 0.6 is 0 Å². The zero-order valence-corrected chi connectivity index (χ0v) is 32.8. The fraction of sp³-hybridized carbons (Fsp3) is 0.286. The maximum atomic E-state index is 2.62. The van der Waals surface area contributed by atoms with Crippen molar-refractivity contribution in [1.82, 2.24) is 0 Å². The summed E-state index contributed by atoms with van der Waals surface area (Å²) in [4.78, 5) is 2.62. The van der Waals surface area contributed by atoms with Crippen LogP contribution in [-0.4, -0.2) is 0 Å². The van der Waals surface area contributed by atoms with E-state index in [2.05, 4.69) is 157 Å². The summed E-state index contributed by atoms with van der Waals surface area (Å²) in [6.07, 6.45) is 13.5. The Morgan fingerprint density at radius 3 is 1.86 bits per heavy atom. The largest absolute Gasteiger partial charge is 0.310 e. The van der Waals surface area contributed by atoms with E-state index < -0.39 is 0 Å². The van der Waals surface area contributed by atoms with Crippen LogP contribution in [0.1, 0.15) is 86.5 Å². The molecule has 2 spiro atoms. The molecule has 278 valence electrons. The van der Waals surface area contributed by atoms with Crippen molar-refractivity contribution in [2.24, 2.45) is 23.7 Å². The molecule has 7 aromatic rings. The molecule has 0 heterocycles. The minimum absolute atomic E-state index is 0.104. The highest BCUT2D eigenvalue weighted by Gasteiger charge is 2.61. The maximum Gasteiger partial charge on any atom is 0.0543 e. The van der Waals surface area contributed by atoms with E-state index in [-0.39, 0.29) is 10.8 Å². The molecule has 5 saturated carbocycles. The number of anilines is 3. The summed E-state index contributed by atoms with van der Waals surface area (Å²) < 4.78 is 0. The molecule has 1 nitrogen and oxygen atoms in total. The van der Waals surface area contributed by atoms with Gasteiger partial charge in [-0.1, -0.05) is 141 Å². The molecule has 7 aromatic carbocycles. The van der Waals surface area contributed by atoms with Gasteiger partial charge in [0.05, 0.1) is 5.69 Å². The minimum Gasteiger partial charge on any atom is -0.310 e. The molecular formula is C56H49N. The molecule has 0 radical (unpaired) electrons. The highest BCUT2D eigenvalue weighted by molar-refractivity contribution is 5.99. The van der Waals surface area contributed by atoms with Crippen LogP contribution in [0, 0.1) is 23.7 Å². The Bertz CT molecular complexity index is 2710. The van der Waals surface area contributed by atoms with Crippen molar-refractivity contribution in [1.29, 1.82) is 0 Å². The van der Waals surface area contributed by atoms with Crippen molar-refractivity contribution in [2.75, 3.05) is 4.90 Å². The summed E-state index contributed by atoms with van der Waals surface area (Å²) in [7, 11) is 0. The van der Waals surface area contributed by atoms with Gasteiger partial charge in [0.2, 0.25) is 0 Å². The lowest BCUT2D eigenvalue weighted by Gasteiger charge is -2.61. The zero-order valence-electron chi connectivity index (χ0n) is 32.8. The first-order valence-corrected chi connectivity index (χ1v) is 22.1. The molecule has 14 rings (SSSR count). The van der Waals surface area contributed by atoms with Crippen molar-refractivity contribution in [3.8, 4) is 33.4 Å². The second-order valence-electron chi connectivity index (χ2n) is 18.7. The SMILES string of the molecule is c1ccc2c(c1)-c1c(N(c3ccc(-c4cccc5ccccc45)cc3)c3ccc4c(c3)-c3ccccc3C43C4CC5CC(C4)CC3C5)cccc1C21CCCCC1. The summed E-state index contributed by atoms with van der Waals surface area (Å²) in [6, 6.07) is 58.9. The molecule has 4 bridgehead atoms. The van der Waals surface area contributed by atoms with Gasteiger partial charge in [-0.2, -0.15) is 0 Å².